The summed E-state index contributed by atoms with van der Waals surface area (Å²) in [7, 11) is 0. The van der Waals surface area contributed by atoms with Crippen LogP contribution in [-0.2, 0) is 0 Å². The molecule has 3 nitrogen and oxygen atoms in total. The van der Waals surface area contributed by atoms with Crippen molar-refractivity contribution < 1.29 is 0 Å². The molecule has 0 fully saturated rings. The average Bonchev–Trinajstić information content (AvgIpc) is 2.87. The zero-order chi connectivity index (χ0) is 13.5. The summed E-state index contributed by atoms with van der Waals surface area (Å²) in [6.45, 7) is 0. The minimum Gasteiger partial charge on any atom is -0.383 e. The Kier molecular flexibility index (Phi) is 2.66. The van der Waals surface area contributed by atoms with Crippen molar-refractivity contribution in [3.63, 3.8) is 0 Å². The predicted octanol–water partition coefficient (Wildman–Crippen LogP) is 3.17. The third kappa shape index (κ3) is 1.77. The summed E-state index contributed by atoms with van der Waals surface area (Å²) in [6, 6.07) is 10.3. The van der Waals surface area contributed by atoms with Gasteiger partial charge >= 0.3 is 0 Å². The highest BCUT2D eigenvalue weighted by Crippen LogP contribution is 2.42. The maximum atomic E-state index is 6.27. The van der Waals surface area contributed by atoms with Crippen LogP contribution in [-0.4, -0.2) is 5.84 Å². The second-order valence-electron chi connectivity index (χ2n) is 5.79. The number of fused-ring (bicyclic) bond motifs is 1. The van der Waals surface area contributed by atoms with Crippen LogP contribution in [0.3, 0.4) is 0 Å². The number of hydrogen-bond acceptors (Lipinski definition) is 3. The van der Waals surface area contributed by atoms with Crippen LogP contribution < -0.4 is 11.1 Å². The van der Waals surface area contributed by atoms with E-state index in [9.17, 15) is 0 Å². The maximum Gasteiger partial charge on any atom is 0.146 e. The third-order valence-corrected chi connectivity index (χ3v) is 4.53. The van der Waals surface area contributed by atoms with Crippen molar-refractivity contribution in [2.75, 3.05) is 0 Å². The Morgan fingerprint density at radius 2 is 1.90 bits per heavy atom. The molecule has 0 bridgehead atoms. The zero-order valence-corrected chi connectivity index (χ0v) is 11.5. The van der Waals surface area contributed by atoms with Crippen molar-refractivity contribution in [1.29, 1.82) is 0 Å². The molecule has 3 heteroatoms. The number of nitrogens with two attached hydrogens (primary N) is 1. The lowest BCUT2D eigenvalue weighted by Crippen LogP contribution is -2.31. The monoisotopic (exact) mass is 265 g/mol. The largest absolute Gasteiger partial charge is 0.383 e. The van der Waals surface area contributed by atoms with E-state index in [1.165, 1.54) is 48.1 Å². The van der Waals surface area contributed by atoms with E-state index in [1.807, 2.05) is 18.2 Å². The van der Waals surface area contributed by atoms with Gasteiger partial charge in [0.15, 0.2) is 0 Å². The first-order valence-corrected chi connectivity index (χ1v) is 7.42. The molecule has 102 valence electrons. The lowest BCUT2D eigenvalue weighted by molar-refractivity contribution is 0.603. The molecule has 0 amide bonds. The summed E-state index contributed by atoms with van der Waals surface area (Å²) in [5.74, 6) is 0.722. The highest BCUT2D eigenvalue weighted by Gasteiger charge is 2.32. The first kappa shape index (κ1) is 11.8. The summed E-state index contributed by atoms with van der Waals surface area (Å²) in [6.07, 6.45) is 6.01. The molecule has 0 saturated carbocycles. The van der Waals surface area contributed by atoms with E-state index < -0.39 is 0 Å². The number of amidine groups is 1. The van der Waals surface area contributed by atoms with Crippen LogP contribution in [0.25, 0.3) is 0 Å². The molecular formula is C17H19N3. The van der Waals surface area contributed by atoms with Gasteiger partial charge in [-0.3, -0.25) is 0 Å². The predicted molar refractivity (Wildman–Crippen MR) is 81.1 cm³/mol. The van der Waals surface area contributed by atoms with Gasteiger partial charge in [0.25, 0.3) is 0 Å². The molecule has 0 aromatic heterocycles. The second-order valence-corrected chi connectivity index (χ2v) is 5.79. The van der Waals surface area contributed by atoms with E-state index in [4.69, 9.17) is 5.73 Å². The van der Waals surface area contributed by atoms with E-state index in [0.717, 1.165) is 12.3 Å². The minimum atomic E-state index is -0.0312. The van der Waals surface area contributed by atoms with Gasteiger partial charge in [-0.1, -0.05) is 35.9 Å². The van der Waals surface area contributed by atoms with E-state index in [0.29, 0.717) is 0 Å². The highest BCUT2D eigenvalue weighted by molar-refractivity contribution is 6.03. The Labute approximate surface area is 119 Å². The number of hydrogen-bond donors (Lipinski definition) is 2. The van der Waals surface area contributed by atoms with Crippen molar-refractivity contribution in [1.82, 2.24) is 5.32 Å². The Morgan fingerprint density at radius 1 is 1.10 bits per heavy atom. The number of aliphatic imine (C=N–C) groups is 1. The smallest absolute Gasteiger partial charge is 0.146 e. The van der Waals surface area contributed by atoms with Gasteiger partial charge in [0.2, 0.25) is 0 Å². The number of nitrogens with zero attached hydrogens (tertiary/aromatic N) is 1. The van der Waals surface area contributed by atoms with Gasteiger partial charge in [0.05, 0.1) is 0 Å². The van der Waals surface area contributed by atoms with Crippen molar-refractivity contribution >= 4 is 5.84 Å². The number of rotatable bonds is 1. The molecule has 3 aliphatic rings. The molecule has 4 rings (SSSR count). The zero-order valence-electron chi connectivity index (χ0n) is 11.5. The lowest BCUT2D eigenvalue weighted by atomic mass is 9.90. The van der Waals surface area contributed by atoms with E-state index in [2.05, 4.69) is 22.4 Å². The topological polar surface area (TPSA) is 50.4 Å². The van der Waals surface area contributed by atoms with Crippen molar-refractivity contribution in [2.45, 2.75) is 38.3 Å². The molecule has 0 spiro atoms. The molecule has 0 saturated heterocycles. The van der Waals surface area contributed by atoms with Crippen molar-refractivity contribution in [3.05, 3.63) is 58.3 Å². The SMILES string of the molecule is NC1=NC(c2ccccc2)NC2=C1C1=C(CCCC1)C2. The Hall–Kier alpha value is -2.03. The molecule has 1 aliphatic heterocycles. The van der Waals surface area contributed by atoms with Crippen LogP contribution in [0.15, 0.2) is 57.7 Å². The third-order valence-electron chi connectivity index (χ3n) is 4.53. The number of benzene rings is 1. The fraction of sp³-hybridized carbons (Fsp3) is 0.353. The lowest BCUT2D eigenvalue weighted by Gasteiger charge is -2.25. The quantitative estimate of drug-likeness (QED) is 0.819. The molecule has 1 unspecified atom stereocenters. The van der Waals surface area contributed by atoms with Gasteiger partial charge in [-0.05, 0) is 36.8 Å². The first-order chi connectivity index (χ1) is 9.83. The van der Waals surface area contributed by atoms with E-state index in [1.54, 1.807) is 5.57 Å². The Balaban J connectivity index is 1.67. The van der Waals surface area contributed by atoms with Crippen molar-refractivity contribution in [3.8, 4) is 0 Å². The van der Waals surface area contributed by atoms with Crippen LogP contribution >= 0.6 is 0 Å². The molecule has 3 N–H and O–H groups in total. The van der Waals surface area contributed by atoms with Gasteiger partial charge in [0, 0.05) is 17.7 Å². The standard InChI is InChI=1S/C17H19N3/c18-16-15-13-9-5-4-8-12(13)10-14(15)19-17(20-16)11-6-2-1-3-7-11/h1-3,6-7,17,19H,4-5,8-10H2,(H2,18,20). The molecule has 1 aromatic carbocycles. The summed E-state index contributed by atoms with van der Waals surface area (Å²) in [4.78, 5) is 4.68. The summed E-state index contributed by atoms with van der Waals surface area (Å²) in [5, 5.41) is 3.59. The molecule has 1 aromatic rings. The van der Waals surface area contributed by atoms with Crippen LogP contribution in [0.2, 0.25) is 0 Å². The average molecular weight is 265 g/mol. The summed E-state index contributed by atoms with van der Waals surface area (Å²) < 4.78 is 0. The van der Waals surface area contributed by atoms with Gasteiger partial charge in [-0.2, -0.15) is 0 Å². The van der Waals surface area contributed by atoms with Crippen LogP contribution in [0, 0.1) is 0 Å². The van der Waals surface area contributed by atoms with Gasteiger partial charge in [-0.25, -0.2) is 4.99 Å². The first-order valence-electron chi connectivity index (χ1n) is 7.42. The normalized spacial score (nSPS) is 25.0. The minimum absolute atomic E-state index is 0.0312. The molecule has 1 atom stereocenters. The summed E-state index contributed by atoms with van der Waals surface area (Å²) >= 11 is 0. The molecule has 20 heavy (non-hydrogen) atoms. The Morgan fingerprint density at radius 3 is 2.75 bits per heavy atom. The summed E-state index contributed by atoms with van der Waals surface area (Å²) in [5.41, 5.74) is 13.0. The molecular weight excluding hydrogens is 246 g/mol. The van der Waals surface area contributed by atoms with Crippen LogP contribution in [0.1, 0.15) is 43.8 Å². The van der Waals surface area contributed by atoms with Gasteiger partial charge < -0.3 is 11.1 Å². The van der Waals surface area contributed by atoms with Gasteiger partial charge in [-0.15, -0.1) is 0 Å². The number of nitrogens with one attached hydrogen (secondary N) is 1. The molecule has 2 aliphatic carbocycles. The van der Waals surface area contributed by atoms with Crippen LogP contribution in [0.4, 0.5) is 0 Å². The van der Waals surface area contributed by atoms with Crippen molar-refractivity contribution in [2.24, 2.45) is 10.7 Å². The highest BCUT2D eigenvalue weighted by atomic mass is 15.1. The fourth-order valence-corrected chi connectivity index (χ4v) is 3.58. The Bertz CT molecular complexity index is 637. The second kappa shape index (κ2) is 4.51. The number of allylic oxidation sites excluding steroid dienone is 1. The molecule has 1 heterocycles. The maximum absolute atomic E-state index is 6.27. The van der Waals surface area contributed by atoms with E-state index in [-0.39, 0.29) is 6.17 Å². The van der Waals surface area contributed by atoms with Gasteiger partial charge in [0.1, 0.15) is 12.0 Å². The molecule has 0 radical (unpaired) electrons. The van der Waals surface area contributed by atoms with E-state index >= 15 is 0 Å². The van der Waals surface area contributed by atoms with Crippen LogP contribution in [0.5, 0.6) is 0 Å². The fourth-order valence-electron chi connectivity index (χ4n) is 3.58.